The third-order valence-electron chi connectivity index (χ3n) is 3.34. The first-order valence-electron chi connectivity index (χ1n) is 6.88. The lowest BCUT2D eigenvalue weighted by atomic mass is 9.95. The summed E-state index contributed by atoms with van der Waals surface area (Å²) in [6.45, 7) is 0. The molecule has 0 fully saturated rings. The normalized spacial score (nSPS) is 11.6. The van der Waals surface area contributed by atoms with Crippen molar-refractivity contribution in [3.05, 3.63) is 77.4 Å². The molecule has 112 valence electrons. The van der Waals surface area contributed by atoms with E-state index < -0.39 is 11.9 Å². The van der Waals surface area contributed by atoms with Gasteiger partial charge in [0.1, 0.15) is 0 Å². The second-order valence-electron chi connectivity index (χ2n) is 4.82. The van der Waals surface area contributed by atoms with Crippen LogP contribution >= 0.6 is 0 Å². The molecule has 0 unspecified atom stereocenters. The monoisotopic (exact) mass is 296 g/mol. The van der Waals surface area contributed by atoms with E-state index in [2.05, 4.69) is 0 Å². The van der Waals surface area contributed by atoms with E-state index in [1.165, 1.54) is 0 Å². The van der Waals surface area contributed by atoms with Crippen LogP contribution in [0, 0.1) is 0 Å². The summed E-state index contributed by atoms with van der Waals surface area (Å²) in [5.41, 5.74) is 1.14. The van der Waals surface area contributed by atoms with E-state index in [4.69, 9.17) is 0 Å². The van der Waals surface area contributed by atoms with Crippen LogP contribution in [-0.4, -0.2) is 22.2 Å². The van der Waals surface area contributed by atoms with Gasteiger partial charge in [0.05, 0.1) is 11.1 Å². The topological polar surface area (TPSA) is 74.6 Å². The van der Waals surface area contributed by atoms with Gasteiger partial charge < -0.3 is 10.2 Å². The standard InChI is InChI=1S/C18H16O4/c19-17(20)15(12-11-13-7-3-1-4-8-13)16(18(21)22)14-9-5-2-6-10-14/h1-10H,11-12H2,(H,19,20)(H,21,22)/b16-15-. The molecule has 2 rings (SSSR count). The molecule has 4 heteroatoms. The molecule has 0 aliphatic heterocycles. The summed E-state index contributed by atoms with van der Waals surface area (Å²) in [6.07, 6.45) is 0.641. The van der Waals surface area contributed by atoms with E-state index in [0.29, 0.717) is 12.0 Å². The molecule has 22 heavy (non-hydrogen) atoms. The molecule has 0 bridgehead atoms. The molecule has 0 radical (unpaired) electrons. The largest absolute Gasteiger partial charge is 0.478 e. The molecule has 2 aromatic carbocycles. The molecule has 0 atom stereocenters. The molecule has 0 aromatic heterocycles. The third kappa shape index (κ3) is 3.82. The van der Waals surface area contributed by atoms with Gasteiger partial charge in [0.15, 0.2) is 0 Å². The van der Waals surface area contributed by atoms with E-state index >= 15 is 0 Å². The summed E-state index contributed by atoms with van der Waals surface area (Å²) < 4.78 is 0. The fourth-order valence-corrected chi connectivity index (χ4v) is 2.28. The lowest BCUT2D eigenvalue weighted by Crippen LogP contribution is -2.11. The van der Waals surface area contributed by atoms with Crippen LogP contribution in [0.3, 0.4) is 0 Å². The van der Waals surface area contributed by atoms with E-state index in [-0.39, 0.29) is 17.6 Å². The second kappa shape index (κ2) is 7.22. The zero-order chi connectivity index (χ0) is 15.9. The van der Waals surface area contributed by atoms with Crippen molar-refractivity contribution in [1.82, 2.24) is 0 Å². The van der Waals surface area contributed by atoms with Crippen LogP contribution in [-0.2, 0) is 16.0 Å². The Morgan fingerprint density at radius 1 is 0.773 bits per heavy atom. The van der Waals surface area contributed by atoms with Crippen molar-refractivity contribution in [2.45, 2.75) is 12.8 Å². The number of hydrogen-bond donors (Lipinski definition) is 2. The third-order valence-corrected chi connectivity index (χ3v) is 3.34. The van der Waals surface area contributed by atoms with Gasteiger partial charge in [0.25, 0.3) is 0 Å². The number of carboxylic acid groups (broad SMARTS) is 2. The minimum absolute atomic E-state index is 0.0810. The smallest absolute Gasteiger partial charge is 0.336 e. The van der Waals surface area contributed by atoms with E-state index in [0.717, 1.165) is 5.56 Å². The van der Waals surface area contributed by atoms with Crippen LogP contribution in [0.25, 0.3) is 5.57 Å². The number of carbonyl (C=O) groups is 2. The molecule has 0 saturated heterocycles. The molecule has 0 heterocycles. The maximum Gasteiger partial charge on any atom is 0.336 e. The van der Waals surface area contributed by atoms with Gasteiger partial charge in [-0.3, -0.25) is 0 Å². The number of benzene rings is 2. The summed E-state index contributed by atoms with van der Waals surface area (Å²) in [6, 6.07) is 17.7. The maximum absolute atomic E-state index is 11.5. The number of rotatable bonds is 6. The minimum atomic E-state index is -1.23. The average Bonchev–Trinajstić information content (AvgIpc) is 2.52. The summed E-state index contributed by atoms with van der Waals surface area (Å²) in [5.74, 6) is -2.42. The van der Waals surface area contributed by atoms with Gasteiger partial charge in [0, 0.05) is 0 Å². The highest BCUT2D eigenvalue weighted by atomic mass is 16.4. The molecule has 0 amide bonds. The molecule has 0 aliphatic carbocycles. The molecular formula is C18H16O4. The van der Waals surface area contributed by atoms with Gasteiger partial charge >= 0.3 is 11.9 Å². The van der Waals surface area contributed by atoms with Gasteiger partial charge in [-0.25, -0.2) is 9.59 Å². The second-order valence-corrected chi connectivity index (χ2v) is 4.82. The Labute approximate surface area is 128 Å². The lowest BCUT2D eigenvalue weighted by molar-refractivity contribution is -0.134. The van der Waals surface area contributed by atoms with Crippen LogP contribution in [0.1, 0.15) is 17.5 Å². The summed E-state index contributed by atoms with van der Waals surface area (Å²) in [4.78, 5) is 23.1. The quantitative estimate of drug-likeness (QED) is 0.802. The molecule has 2 aromatic rings. The van der Waals surface area contributed by atoms with Crippen LogP contribution in [0.5, 0.6) is 0 Å². The Kier molecular flexibility index (Phi) is 5.09. The summed E-state index contributed by atoms with van der Waals surface area (Å²) in [5, 5.41) is 18.8. The maximum atomic E-state index is 11.5. The van der Waals surface area contributed by atoms with Crippen molar-refractivity contribution in [3.63, 3.8) is 0 Å². The number of carboxylic acids is 2. The number of aryl methyl sites for hydroxylation is 1. The lowest BCUT2D eigenvalue weighted by Gasteiger charge is -2.09. The van der Waals surface area contributed by atoms with E-state index in [1.807, 2.05) is 30.3 Å². The van der Waals surface area contributed by atoms with Gasteiger partial charge in [0.2, 0.25) is 0 Å². The van der Waals surface area contributed by atoms with Crippen molar-refractivity contribution in [3.8, 4) is 0 Å². The SMILES string of the molecule is O=C(O)/C(CCc1ccccc1)=C(\C(=O)O)c1ccccc1. The highest BCUT2D eigenvalue weighted by Gasteiger charge is 2.21. The Bertz CT molecular complexity index is 688. The first-order valence-corrected chi connectivity index (χ1v) is 6.88. The van der Waals surface area contributed by atoms with Gasteiger partial charge in [-0.15, -0.1) is 0 Å². The number of aliphatic carboxylic acids is 2. The first-order chi connectivity index (χ1) is 10.6. The molecular weight excluding hydrogens is 280 g/mol. The summed E-state index contributed by atoms with van der Waals surface area (Å²) >= 11 is 0. The van der Waals surface area contributed by atoms with Crippen molar-refractivity contribution in [1.29, 1.82) is 0 Å². The minimum Gasteiger partial charge on any atom is -0.478 e. The fraction of sp³-hybridized carbons (Fsp3) is 0.111. The van der Waals surface area contributed by atoms with E-state index in [1.54, 1.807) is 30.3 Å². The van der Waals surface area contributed by atoms with E-state index in [9.17, 15) is 19.8 Å². The molecule has 0 saturated carbocycles. The van der Waals surface area contributed by atoms with Crippen LogP contribution in [0.2, 0.25) is 0 Å². The van der Waals surface area contributed by atoms with Gasteiger partial charge in [-0.05, 0) is 24.0 Å². The number of hydrogen-bond acceptors (Lipinski definition) is 2. The molecule has 0 spiro atoms. The zero-order valence-corrected chi connectivity index (χ0v) is 11.9. The molecule has 2 N–H and O–H groups in total. The predicted molar refractivity (Wildman–Crippen MR) is 83.4 cm³/mol. The van der Waals surface area contributed by atoms with Crippen molar-refractivity contribution >= 4 is 17.5 Å². The Hall–Kier alpha value is -2.88. The zero-order valence-electron chi connectivity index (χ0n) is 11.9. The van der Waals surface area contributed by atoms with Crippen LogP contribution < -0.4 is 0 Å². The predicted octanol–water partition coefficient (Wildman–Crippen LogP) is 3.24. The Morgan fingerprint density at radius 3 is 1.82 bits per heavy atom. The Balaban J connectivity index is 2.37. The first kappa shape index (κ1) is 15.5. The van der Waals surface area contributed by atoms with Crippen molar-refractivity contribution in [2.75, 3.05) is 0 Å². The average molecular weight is 296 g/mol. The highest BCUT2D eigenvalue weighted by molar-refractivity contribution is 6.21. The fourth-order valence-electron chi connectivity index (χ4n) is 2.28. The van der Waals surface area contributed by atoms with Gasteiger partial charge in [-0.2, -0.15) is 0 Å². The van der Waals surface area contributed by atoms with Crippen LogP contribution in [0.4, 0.5) is 0 Å². The van der Waals surface area contributed by atoms with Crippen molar-refractivity contribution in [2.24, 2.45) is 0 Å². The Morgan fingerprint density at radius 2 is 1.32 bits per heavy atom. The highest BCUT2D eigenvalue weighted by Crippen LogP contribution is 2.23. The van der Waals surface area contributed by atoms with Gasteiger partial charge in [-0.1, -0.05) is 60.7 Å². The molecule has 0 aliphatic rings. The van der Waals surface area contributed by atoms with Crippen LogP contribution in [0.15, 0.2) is 66.2 Å². The molecule has 4 nitrogen and oxygen atoms in total. The summed E-state index contributed by atoms with van der Waals surface area (Å²) in [7, 11) is 0. The van der Waals surface area contributed by atoms with Crippen molar-refractivity contribution < 1.29 is 19.8 Å².